The molecule has 0 saturated heterocycles. The van der Waals surface area contributed by atoms with Crippen molar-refractivity contribution >= 4 is 39.1 Å². The van der Waals surface area contributed by atoms with Gasteiger partial charge in [-0.05, 0) is 37.3 Å². The van der Waals surface area contributed by atoms with Crippen molar-refractivity contribution in [2.45, 2.75) is 16.7 Å². The zero-order valence-electron chi connectivity index (χ0n) is 10.8. The van der Waals surface area contributed by atoms with Gasteiger partial charge in [-0.15, -0.1) is 0 Å². The Balaban J connectivity index is 2.29. The first-order chi connectivity index (χ1) is 9.58. The van der Waals surface area contributed by atoms with Crippen molar-refractivity contribution in [3.05, 3.63) is 57.1 Å². The van der Waals surface area contributed by atoms with E-state index in [-0.39, 0.29) is 10.6 Å². The first-order valence-electron chi connectivity index (χ1n) is 6.05. The molecule has 0 spiro atoms. The number of nitro benzene ring substituents is 1. The fourth-order valence-corrected chi connectivity index (χ4v) is 2.87. The third-order valence-corrected chi connectivity index (χ3v) is 4.04. The molecule has 4 nitrogen and oxygen atoms in total. The second kappa shape index (κ2) is 6.76. The Hall–Kier alpha value is -1.53. The number of non-ortho nitro benzene ring substituents is 1. The summed E-state index contributed by atoms with van der Waals surface area (Å²) < 4.78 is 1.01. The first-order valence-corrected chi connectivity index (χ1v) is 7.66. The van der Waals surface area contributed by atoms with E-state index in [9.17, 15) is 10.1 Å². The van der Waals surface area contributed by atoms with Crippen LogP contribution in [0.5, 0.6) is 0 Å². The molecule has 2 aromatic carbocycles. The van der Waals surface area contributed by atoms with Gasteiger partial charge in [0, 0.05) is 38.6 Å². The number of hydrogen-bond donors (Lipinski definition) is 1. The van der Waals surface area contributed by atoms with Gasteiger partial charge in [0.2, 0.25) is 0 Å². The van der Waals surface area contributed by atoms with Crippen LogP contribution in [0, 0.1) is 10.1 Å². The average molecular weight is 353 g/mol. The predicted molar refractivity (Wildman–Crippen MR) is 85.5 cm³/mol. The Morgan fingerprint density at radius 3 is 2.50 bits per heavy atom. The Kier molecular flexibility index (Phi) is 5.03. The van der Waals surface area contributed by atoms with E-state index >= 15 is 0 Å². The summed E-state index contributed by atoms with van der Waals surface area (Å²) in [7, 11) is 0. The van der Waals surface area contributed by atoms with E-state index in [1.807, 2.05) is 37.3 Å². The van der Waals surface area contributed by atoms with Crippen LogP contribution in [0.4, 0.5) is 11.4 Å². The van der Waals surface area contributed by atoms with Crippen molar-refractivity contribution in [3.63, 3.8) is 0 Å². The number of nitrogens with zero attached hydrogens (tertiary/aromatic N) is 1. The van der Waals surface area contributed by atoms with Crippen LogP contribution in [0.25, 0.3) is 0 Å². The monoisotopic (exact) mass is 352 g/mol. The molecule has 0 aliphatic rings. The molecule has 0 atom stereocenters. The molecular formula is C14H13BrN2O2S. The maximum absolute atomic E-state index is 11.0. The summed E-state index contributed by atoms with van der Waals surface area (Å²) >= 11 is 4.89. The van der Waals surface area contributed by atoms with Gasteiger partial charge in [-0.3, -0.25) is 10.1 Å². The Labute approximate surface area is 129 Å². The van der Waals surface area contributed by atoms with Gasteiger partial charge >= 0.3 is 0 Å². The van der Waals surface area contributed by atoms with Crippen molar-refractivity contribution in [1.82, 2.24) is 0 Å². The number of nitro groups is 1. The number of hydrogen-bond acceptors (Lipinski definition) is 4. The maximum atomic E-state index is 11.0. The molecule has 1 N–H and O–H groups in total. The van der Waals surface area contributed by atoms with E-state index in [0.717, 1.165) is 26.5 Å². The van der Waals surface area contributed by atoms with E-state index in [2.05, 4.69) is 21.2 Å². The van der Waals surface area contributed by atoms with Crippen LogP contribution in [0.3, 0.4) is 0 Å². The SMILES string of the molecule is CCNc1cc(Sc2ccc(Br)cc2)cc([N+](=O)[O-])c1. The number of benzene rings is 2. The van der Waals surface area contributed by atoms with Crippen molar-refractivity contribution in [2.75, 3.05) is 11.9 Å². The summed E-state index contributed by atoms with van der Waals surface area (Å²) in [5.41, 5.74) is 0.865. The fourth-order valence-electron chi connectivity index (χ4n) is 1.69. The lowest BCUT2D eigenvalue weighted by atomic mass is 10.3. The topological polar surface area (TPSA) is 55.2 Å². The highest BCUT2D eigenvalue weighted by atomic mass is 79.9. The Bertz CT molecular complexity index is 617. The van der Waals surface area contributed by atoms with E-state index in [4.69, 9.17) is 0 Å². The third-order valence-electron chi connectivity index (χ3n) is 2.53. The standard InChI is InChI=1S/C14H13BrN2O2S/c1-2-16-11-7-12(17(18)19)9-14(8-11)20-13-5-3-10(15)4-6-13/h3-9,16H,2H2,1H3. The summed E-state index contributed by atoms with van der Waals surface area (Å²) in [5.74, 6) is 0. The van der Waals surface area contributed by atoms with Gasteiger partial charge in [0.15, 0.2) is 0 Å². The van der Waals surface area contributed by atoms with Gasteiger partial charge in [-0.2, -0.15) is 0 Å². The minimum absolute atomic E-state index is 0.100. The summed E-state index contributed by atoms with van der Waals surface area (Å²) in [5, 5.41) is 14.1. The van der Waals surface area contributed by atoms with Gasteiger partial charge < -0.3 is 5.32 Å². The lowest BCUT2D eigenvalue weighted by Gasteiger charge is -2.07. The van der Waals surface area contributed by atoms with Crippen molar-refractivity contribution in [2.24, 2.45) is 0 Å². The lowest BCUT2D eigenvalue weighted by molar-refractivity contribution is -0.385. The highest BCUT2D eigenvalue weighted by Crippen LogP contribution is 2.33. The van der Waals surface area contributed by atoms with Crippen molar-refractivity contribution < 1.29 is 4.92 Å². The van der Waals surface area contributed by atoms with Gasteiger partial charge in [0.25, 0.3) is 5.69 Å². The second-order valence-corrected chi connectivity index (χ2v) is 6.12. The van der Waals surface area contributed by atoms with Crippen LogP contribution >= 0.6 is 27.7 Å². The molecule has 0 fully saturated rings. The quantitative estimate of drug-likeness (QED) is 0.611. The van der Waals surface area contributed by atoms with Crippen LogP contribution < -0.4 is 5.32 Å². The zero-order chi connectivity index (χ0) is 14.5. The maximum Gasteiger partial charge on any atom is 0.272 e. The van der Waals surface area contributed by atoms with Gasteiger partial charge in [-0.1, -0.05) is 27.7 Å². The summed E-state index contributed by atoms with van der Waals surface area (Å²) in [4.78, 5) is 12.5. The molecule has 6 heteroatoms. The molecule has 0 aliphatic heterocycles. The molecule has 2 aromatic rings. The molecule has 0 bridgehead atoms. The Morgan fingerprint density at radius 1 is 1.20 bits per heavy atom. The van der Waals surface area contributed by atoms with Crippen molar-refractivity contribution in [1.29, 1.82) is 0 Å². The summed E-state index contributed by atoms with van der Waals surface area (Å²) in [6.07, 6.45) is 0. The van der Waals surface area contributed by atoms with Gasteiger partial charge in [-0.25, -0.2) is 0 Å². The van der Waals surface area contributed by atoms with Crippen LogP contribution in [-0.4, -0.2) is 11.5 Å². The fraction of sp³-hybridized carbons (Fsp3) is 0.143. The second-order valence-electron chi connectivity index (χ2n) is 4.06. The molecule has 0 aromatic heterocycles. The number of halogens is 1. The minimum atomic E-state index is -0.369. The molecule has 0 aliphatic carbocycles. The third kappa shape index (κ3) is 3.98. The molecule has 0 saturated carbocycles. The van der Waals surface area contributed by atoms with E-state index in [1.54, 1.807) is 12.1 Å². The molecule has 0 unspecified atom stereocenters. The van der Waals surface area contributed by atoms with Crippen LogP contribution in [0.2, 0.25) is 0 Å². The minimum Gasteiger partial charge on any atom is -0.385 e. The molecule has 104 valence electrons. The van der Waals surface area contributed by atoms with Crippen LogP contribution in [-0.2, 0) is 0 Å². The largest absolute Gasteiger partial charge is 0.385 e. The molecule has 2 rings (SSSR count). The van der Waals surface area contributed by atoms with E-state index in [0.29, 0.717) is 0 Å². The lowest BCUT2D eigenvalue weighted by Crippen LogP contribution is -1.98. The van der Waals surface area contributed by atoms with Gasteiger partial charge in [0.05, 0.1) is 4.92 Å². The number of nitrogens with one attached hydrogen (secondary N) is 1. The van der Waals surface area contributed by atoms with Crippen molar-refractivity contribution in [3.8, 4) is 0 Å². The van der Waals surface area contributed by atoms with Gasteiger partial charge in [0.1, 0.15) is 0 Å². The van der Waals surface area contributed by atoms with Crippen LogP contribution in [0.1, 0.15) is 6.92 Å². The zero-order valence-corrected chi connectivity index (χ0v) is 13.2. The average Bonchev–Trinajstić information content (AvgIpc) is 2.41. The molecule has 0 heterocycles. The molecule has 0 radical (unpaired) electrons. The number of rotatable bonds is 5. The smallest absolute Gasteiger partial charge is 0.272 e. The van der Waals surface area contributed by atoms with Crippen LogP contribution in [0.15, 0.2) is 56.7 Å². The number of anilines is 1. The highest BCUT2D eigenvalue weighted by Gasteiger charge is 2.10. The normalized spacial score (nSPS) is 10.3. The Morgan fingerprint density at radius 2 is 1.90 bits per heavy atom. The van der Waals surface area contributed by atoms with E-state index < -0.39 is 0 Å². The summed E-state index contributed by atoms with van der Waals surface area (Å²) in [6, 6.07) is 12.9. The molecular weight excluding hydrogens is 340 g/mol. The molecule has 0 amide bonds. The predicted octanol–water partition coefficient (Wildman–Crippen LogP) is 4.94. The molecule has 20 heavy (non-hydrogen) atoms. The highest BCUT2D eigenvalue weighted by molar-refractivity contribution is 9.10. The van der Waals surface area contributed by atoms with E-state index in [1.165, 1.54) is 11.8 Å². The summed E-state index contributed by atoms with van der Waals surface area (Å²) in [6.45, 7) is 2.68. The first kappa shape index (κ1) is 14.9.